The smallest absolute Gasteiger partial charge is 0.423 e. The molecule has 3 aromatic rings. The van der Waals surface area contributed by atoms with Crippen LogP contribution in [0.1, 0.15) is 95.4 Å². The van der Waals surface area contributed by atoms with Gasteiger partial charge in [-0.2, -0.15) is 0 Å². The van der Waals surface area contributed by atoms with Crippen molar-refractivity contribution in [3.63, 3.8) is 0 Å². The second-order valence-electron chi connectivity index (χ2n) is 13.9. The molecule has 0 aliphatic heterocycles. The number of ether oxygens (including phenoxy) is 1. The lowest BCUT2D eigenvalue weighted by atomic mass is 9.87. The van der Waals surface area contributed by atoms with Crippen LogP contribution in [0.5, 0.6) is 0 Å². The van der Waals surface area contributed by atoms with Crippen LogP contribution in [-0.2, 0) is 37.9 Å². The minimum absolute atomic E-state index is 0.151. The average Bonchev–Trinajstić information content (AvgIpc) is 2.96. The number of benzene rings is 2. The Kier molecular flexibility index (Phi) is 10.9. The van der Waals surface area contributed by atoms with E-state index in [1.54, 1.807) is 48.5 Å². The van der Waals surface area contributed by atoms with Gasteiger partial charge in [0.15, 0.2) is 5.78 Å². The van der Waals surface area contributed by atoms with Crippen molar-refractivity contribution in [2.75, 3.05) is 7.05 Å². The second-order valence-corrected chi connectivity index (χ2v) is 18.4. The SMILES string of the molecule is C[C@H](N[S@@+]([O-])C(C)(C)C)c1cc(=O)n(C)cc1-c1cc(C(C)(C)S(=O)(=O)N(C)C(=O)OC(C)(C)C)ccc1C(=O)c1ccc(F)cc1. The number of hydrogen-bond donors (Lipinski definition) is 1. The molecule has 2 aromatic carbocycles. The Morgan fingerprint density at radius 1 is 0.979 bits per heavy atom. The van der Waals surface area contributed by atoms with E-state index in [4.69, 9.17) is 4.74 Å². The van der Waals surface area contributed by atoms with Gasteiger partial charge in [0.05, 0.1) is 6.04 Å². The lowest BCUT2D eigenvalue weighted by molar-refractivity contribution is 0.0417. The standard InChI is InChI=1S/C34H44FN3O7S2/c1-21(36-46(42)33(5,6)7)26-19-29(39)37(10)20-28(26)27-18-23(14-17-25(27)30(40)22-12-15-24(35)16-13-22)34(8,9)47(43,44)38(11)31(41)45-32(2,3)4/h12-21,36H,1-11H3/t21-,46-/m0/s1. The summed E-state index contributed by atoms with van der Waals surface area (Å²) in [6.45, 7) is 14.9. The minimum atomic E-state index is -4.40. The number of rotatable bonds is 9. The van der Waals surface area contributed by atoms with Gasteiger partial charge in [-0.1, -0.05) is 12.1 Å². The Labute approximate surface area is 279 Å². The highest BCUT2D eigenvalue weighted by Crippen LogP contribution is 2.39. The first-order valence-corrected chi connectivity index (χ1v) is 17.5. The number of pyridine rings is 1. The Balaban J connectivity index is 2.33. The number of amides is 1. The maximum atomic E-state index is 13.9. The summed E-state index contributed by atoms with van der Waals surface area (Å²) in [5.74, 6) is -0.998. The van der Waals surface area contributed by atoms with Crippen LogP contribution in [0.3, 0.4) is 0 Å². The van der Waals surface area contributed by atoms with Crippen LogP contribution in [0.2, 0.25) is 0 Å². The first-order chi connectivity index (χ1) is 21.4. The van der Waals surface area contributed by atoms with Crippen molar-refractivity contribution in [3.05, 3.63) is 93.2 Å². The second kappa shape index (κ2) is 13.5. The van der Waals surface area contributed by atoms with Gasteiger partial charge in [0.2, 0.25) is 10.0 Å². The molecule has 0 aliphatic carbocycles. The molecule has 0 bridgehead atoms. The van der Waals surface area contributed by atoms with E-state index >= 15 is 0 Å². The van der Waals surface area contributed by atoms with Crippen molar-refractivity contribution < 1.29 is 31.7 Å². The minimum Gasteiger partial charge on any atom is -0.598 e. The van der Waals surface area contributed by atoms with Gasteiger partial charge in [-0.15, -0.1) is 4.72 Å². The van der Waals surface area contributed by atoms with E-state index in [1.807, 2.05) is 0 Å². The zero-order valence-corrected chi connectivity index (χ0v) is 30.4. The normalized spacial score (nSPS) is 14.0. The molecule has 256 valence electrons. The summed E-state index contributed by atoms with van der Waals surface area (Å²) in [6.07, 6.45) is 0.478. The van der Waals surface area contributed by atoms with E-state index in [9.17, 15) is 31.7 Å². The summed E-state index contributed by atoms with van der Waals surface area (Å²) in [6, 6.07) is 10.2. The summed E-state index contributed by atoms with van der Waals surface area (Å²) in [7, 11) is -1.75. The maximum Gasteiger partial charge on any atom is 0.423 e. The number of sulfonamides is 1. The predicted octanol–water partition coefficient (Wildman–Crippen LogP) is 5.97. The van der Waals surface area contributed by atoms with Gasteiger partial charge in [0.1, 0.15) is 20.9 Å². The number of nitrogens with zero attached hydrogens (tertiary/aromatic N) is 2. The number of nitrogens with one attached hydrogen (secondary N) is 1. The van der Waals surface area contributed by atoms with E-state index in [0.717, 1.165) is 19.2 Å². The molecule has 13 heteroatoms. The molecule has 2 atom stereocenters. The summed E-state index contributed by atoms with van der Waals surface area (Å²) in [4.78, 5) is 39.7. The fraction of sp³-hybridized carbons (Fsp3) is 0.441. The van der Waals surface area contributed by atoms with Gasteiger partial charge in [-0.25, -0.2) is 21.9 Å². The Morgan fingerprint density at radius 2 is 1.55 bits per heavy atom. The van der Waals surface area contributed by atoms with Crippen molar-refractivity contribution >= 4 is 33.3 Å². The van der Waals surface area contributed by atoms with E-state index in [2.05, 4.69) is 4.72 Å². The number of carbonyl (C=O) groups is 2. The first-order valence-electron chi connectivity index (χ1n) is 14.9. The molecule has 0 radical (unpaired) electrons. The third-order valence-corrected chi connectivity index (χ3v) is 11.7. The summed E-state index contributed by atoms with van der Waals surface area (Å²) in [5.41, 5.74) is 0.367. The largest absolute Gasteiger partial charge is 0.598 e. The third-order valence-electron chi connectivity index (χ3n) is 7.58. The van der Waals surface area contributed by atoms with Crippen LogP contribution < -0.4 is 10.3 Å². The van der Waals surface area contributed by atoms with Crippen molar-refractivity contribution in [1.82, 2.24) is 13.6 Å². The topological polar surface area (TPSA) is 138 Å². The van der Waals surface area contributed by atoms with Crippen molar-refractivity contribution in [2.24, 2.45) is 7.05 Å². The van der Waals surface area contributed by atoms with Gasteiger partial charge >= 0.3 is 6.09 Å². The van der Waals surface area contributed by atoms with Crippen molar-refractivity contribution in [3.8, 4) is 11.1 Å². The van der Waals surface area contributed by atoms with E-state index in [1.165, 1.54) is 68.1 Å². The molecule has 0 spiro atoms. The predicted molar refractivity (Wildman–Crippen MR) is 182 cm³/mol. The molecule has 3 rings (SSSR count). The molecular formula is C34H44FN3O7S2. The number of aryl methyl sites for hydroxylation is 1. The fourth-order valence-corrected chi connectivity index (χ4v) is 6.79. The molecule has 1 aromatic heterocycles. The van der Waals surface area contributed by atoms with Gasteiger partial charge in [-0.3, -0.25) is 9.59 Å². The first kappa shape index (κ1) is 37.9. The summed E-state index contributed by atoms with van der Waals surface area (Å²) < 4.78 is 62.5. The molecule has 1 amide bonds. The molecular weight excluding hydrogens is 646 g/mol. The lowest BCUT2D eigenvalue weighted by Gasteiger charge is -2.32. The third kappa shape index (κ3) is 8.32. The monoisotopic (exact) mass is 689 g/mol. The molecule has 1 N–H and O–H groups in total. The summed E-state index contributed by atoms with van der Waals surface area (Å²) >= 11 is -1.53. The van der Waals surface area contributed by atoms with E-state index in [0.29, 0.717) is 15.4 Å². The summed E-state index contributed by atoms with van der Waals surface area (Å²) in [5, 5.41) is 0. The highest BCUT2D eigenvalue weighted by Gasteiger charge is 2.43. The van der Waals surface area contributed by atoms with Gasteiger partial charge in [-0.05, 0) is 109 Å². The molecule has 0 fully saturated rings. The average molecular weight is 690 g/mol. The van der Waals surface area contributed by atoms with Gasteiger partial charge in [0.25, 0.3) is 5.56 Å². The highest BCUT2D eigenvalue weighted by atomic mass is 32.2. The van der Waals surface area contributed by atoms with Crippen LogP contribution >= 0.6 is 0 Å². The Bertz CT molecular complexity index is 1820. The molecule has 0 saturated carbocycles. The number of ketones is 1. The Morgan fingerprint density at radius 3 is 2.09 bits per heavy atom. The molecule has 0 saturated heterocycles. The lowest BCUT2D eigenvalue weighted by Crippen LogP contribution is -2.45. The number of carbonyl (C=O) groups excluding carboxylic acids is 2. The molecule has 10 nitrogen and oxygen atoms in total. The molecule has 1 heterocycles. The number of hydrogen-bond acceptors (Lipinski definition) is 8. The molecule has 47 heavy (non-hydrogen) atoms. The maximum absolute atomic E-state index is 13.9. The highest BCUT2D eigenvalue weighted by molar-refractivity contribution is 7.91. The van der Waals surface area contributed by atoms with E-state index < -0.39 is 60.2 Å². The Hall–Kier alpha value is -3.52. The van der Waals surface area contributed by atoms with Gasteiger partial charge in [0, 0.05) is 54.4 Å². The van der Waals surface area contributed by atoms with Crippen LogP contribution in [0.15, 0.2) is 59.5 Å². The fourth-order valence-electron chi connectivity index (χ4n) is 4.64. The van der Waals surface area contributed by atoms with Crippen LogP contribution in [0, 0.1) is 5.82 Å². The van der Waals surface area contributed by atoms with Crippen LogP contribution in [-0.4, -0.2) is 51.1 Å². The zero-order chi connectivity index (χ0) is 35.9. The van der Waals surface area contributed by atoms with Crippen LogP contribution in [0.4, 0.5) is 9.18 Å². The molecule has 0 aliphatic rings. The van der Waals surface area contributed by atoms with Crippen LogP contribution in [0.25, 0.3) is 11.1 Å². The zero-order valence-electron chi connectivity index (χ0n) is 28.7. The van der Waals surface area contributed by atoms with E-state index in [-0.39, 0.29) is 27.8 Å². The van der Waals surface area contributed by atoms with Crippen molar-refractivity contribution in [2.45, 2.75) is 83.5 Å². The quantitative estimate of drug-likeness (QED) is 0.214. The van der Waals surface area contributed by atoms with Gasteiger partial charge < -0.3 is 13.9 Å². The number of halogens is 1. The van der Waals surface area contributed by atoms with Crippen molar-refractivity contribution in [1.29, 1.82) is 0 Å². The molecule has 0 unspecified atom stereocenters. The number of aromatic nitrogens is 1.